The molecule has 4 atom stereocenters. The van der Waals surface area contributed by atoms with E-state index in [0.717, 1.165) is 12.8 Å². The molecular formula is C18H34N10O. The number of nitrogens with zero attached hydrogens (tertiary/aromatic N) is 6. The van der Waals surface area contributed by atoms with Crippen molar-refractivity contribution in [1.82, 2.24) is 15.0 Å². The van der Waals surface area contributed by atoms with Gasteiger partial charge in [0.25, 0.3) is 0 Å². The normalized spacial score (nSPS) is 32.0. The van der Waals surface area contributed by atoms with Crippen LogP contribution in [-0.2, 0) is 0 Å². The van der Waals surface area contributed by atoms with E-state index >= 15 is 0 Å². The highest BCUT2D eigenvalue weighted by Crippen LogP contribution is 2.25. The molecule has 3 fully saturated rings. The van der Waals surface area contributed by atoms with Gasteiger partial charge in [0.2, 0.25) is 17.8 Å². The van der Waals surface area contributed by atoms with Gasteiger partial charge in [-0.05, 0) is 25.7 Å². The third-order valence-corrected chi connectivity index (χ3v) is 5.94. The van der Waals surface area contributed by atoms with Gasteiger partial charge < -0.3 is 42.7 Å². The third-order valence-electron chi connectivity index (χ3n) is 5.94. The van der Waals surface area contributed by atoms with Crippen molar-refractivity contribution < 1.29 is 5.11 Å². The van der Waals surface area contributed by atoms with Gasteiger partial charge in [0.05, 0.1) is 6.10 Å². The fourth-order valence-corrected chi connectivity index (χ4v) is 4.52. The minimum atomic E-state index is -0.261. The molecule has 29 heavy (non-hydrogen) atoms. The maximum atomic E-state index is 9.86. The van der Waals surface area contributed by atoms with Crippen molar-refractivity contribution in [1.29, 1.82) is 0 Å². The summed E-state index contributed by atoms with van der Waals surface area (Å²) in [5, 5.41) is 9.86. The van der Waals surface area contributed by atoms with E-state index in [9.17, 15) is 5.11 Å². The lowest BCUT2D eigenvalue weighted by atomic mass is 10.0. The third kappa shape index (κ3) is 4.86. The zero-order valence-corrected chi connectivity index (χ0v) is 16.9. The number of nitrogens with two attached hydrogens (primary N) is 4. The van der Waals surface area contributed by atoms with Crippen molar-refractivity contribution in [3.05, 3.63) is 0 Å². The molecule has 11 nitrogen and oxygen atoms in total. The summed E-state index contributed by atoms with van der Waals surface area (Å²) in [4.78, 5) is 20.5. The molecule has 3 aliphatic heterocycles. The Hall–Kier alpha value is -1.79. The van der Waals surface area contributed by atoms with Crippen molar-refractivity contribution in [2.75, 3.05) is 54.0 Å². The molecule has 0 spiro atoms. The van der Waals surface area contributed by atoms with Crippen LogP contribution in [0, 0.1) is 0 Å². The van der Waals surface area contributed by atoms with E-state index in [1.807, 2.05) is 0 Å². The molecule has 1 aromatic rings. The smallest absolute Gasteiger partial charge is 0.232 e. The second-order valence-electron chi connectivity index (χ2n) is 8.78. The summed E-state index contributed by atoms with van der Waals surface area (Å²) in [6.07, 6.45) is 2.73. The van der Waals surface area contributed by atoms with Crippen LogP contribution in [-0.4, -0.2) is 89.6 Å². The van der Waals surface area contributed by atoms with E-state index in [0.29, 0.717) is 70.0 Å². The maximum Gasteiger partial charge on any atom is 0.232 e. The van der Waals surface area contributed by atoms with Crippen LogP contribution >= 0.6 is 0 Å². The second-order valence-corrected chi connectivity index (χ2v) is 8.78. The first-order valence-corrected chi connectivity index (χ1v) is 10.6. The minimum absolute atomic E-state index is 0.00983. The zero-order chi connectivity index (χ0) is 20.5. The molecule has 0 amide bonds. The predicted octanol–water partition coefficient (Wildman–Crippen LogP) is -2.44. The lowest BCUT2D eigenvalue weighted by Crippen LogP contribution is -2.54. The zero-order valence-electron chi connectivity index (χ0n) is 16.9. The largest absolute Gasteiger partial charge is 0.393 e. The van der Waals surface area contributed by atoms with E-state index in [1.165, 1.54) is 0 Å². The molecule has 4 heterocycles. The quantitative estimate of drug-likeness (QED) is 0.361. The van der Waals surface area contributed by atoms with Gasteiger partial charge in [-0.2, -0.15) is 15.0 Å². The van der Waals surface area contributed by atoms with Crippen LogP contribution < -0.4 is 37.6 Å². The van der Waals surface area contributed by atoms with Crippen molar-refractivity contribution in [3.63, 3.8) is 0 Å². The summed E-state index contributed by atoms with van der Waals surface area (Å²) in [6.45, 7) is 4.07. The average molecular weight is 407 g/mol. The molecule has 4 rings (SSSR count). The Morgan fingerprint density at radius 3 is 1.34 bits per heavy atom. The number of aliphatic hydroxyl groups is 1. The van der Waals surface area contributed by atoms with E-state index in [2.05, 4.69) is 14.7 Å². The molecule has 0 aromatic carbocycles. The van der Waals surface area contributed by atoms with Crippen molar-refractivity contribution in [3.8, 4) is 0 Å². The number of aliphatic hydroxyl groups excluding tert-OH is 1. The van der Waals surface area contributed by atoms with Gasteiger partial charge >= 0.3 is 0 Å². The van der Waals surface area contributed by atoms with Gasteiger partial charge in [-0.3, -0.25) is 0 Å². The van der Waals surface area contributed by atoms with E-state index in [1.54, 1.807) is 0 Å². The maximum absolute atomic E-state index is 9.86. The fraction of sp³-hybridized carbons (Fsp3) is 0.833. The van der Waals surface area contributed by atoms with Crippen LogP contribution in [0.15, 0.2) is 0 Å². The van der Waals surface area contributed by atoms with Crippen molar-refractivity contribution in [2.24, 2.45) is 22.9 Å². The van der Waals surface area contributed by atoms with Crippen LogP contribution in [0.25, 0.3) is 0 Å². The summed E-state index contributed by atoms with van der Waals surface area (Å²) in [6, 6.07) is -0.0393. The van der Waals surface area contributed by atoms with E-state index in [4.69, 9.17) is 37.9 Å². The molecule has 0 radical (unpaired) electrons. The highest BCUT2D eigenvalue weighted by Gasteiger charge is 2.30. The second kappa shape index (κ2) is 8.52. The molecule has 1 aromatic heterocycles. The van der Waals surface area contributed by atoms with Crippen LogP contribution in [0.3, 0.4) is 0 Å². The number of aromatic nitrogens is 3. The molecular weight excluding hydrogens is 372 g/mol. The topological polar surface area (TPSA) is 173 Å². The molecule has 162 valence electrons. The first-order chi connectivity index (χ1) is 13.9. The molecule has 11 heteroatoms. The first-order valence-electron chi connectivity index (χ1n) is 10.6. The Labute approximate surface area is 171 Å². The predicted molar refractivity (Wildman–Crippen MR) is 113 cm³/mol. The Morgan fingerprint density at radius 2 is 0.966 bits per heavy atom. The van der Waals surface area contributed by atoms with Crippen LogP contribution in [0.2, 0.25) is 0 Å². The molecule has 3 aliphatic rings. The molecule has 0 bridgehead atoms. The standard InChI is InChI=1S/C18H34N10O/c19-11-5-12(20)8-27(7-11)17-23-16(26-3-1-15(29)2-4-26)24-18(25-17)28-9-13(21)6-14(22)10-28/h11-15,29H,1-10,19-22H2. The van der Waals surface area contributed by atoms with Gasteiger partial charge in [0.1, 0.15) is 0 Å². The molecule has 3 saturated heterocycles. The Bertz CT molecular complexity index is 633. The Morgan fingerprint density at radius 1 is 0.621 bits per heavy atom. The van der Waals surface area contributed by atoms with Gasteiger partial charge in [0.15, 0.2) is 0 Å². The molecule has 0 aliphatic carbocycles. The lowest BCUT2D eigenvalue weighted by molar-refractivity contribution is 0.145. The number of hydrogen-bond donors (Lipinski definition) is 5. The van der Waals surface area contributed by atoms with Gasteiger partial charge in [0, 0.05) is 63.4 Å². The summed E-state index contributed by atoms with van der Waals surface area (Å²) in [5.74, 6) is 1.81. The minimum Gasteiger partial charge on any atom is -0.393 e. The summed E-state index contributed by atoms with van der Waals surface area (Å²) < 4.78 is 0. The van der Waals surface area contributed by atoms with Crippen molar-refractivity contribution >= 4 is 17.8 Å². The van der Waals surface area contributed by atoms with Crippen molar-refractivity contribution in [2.45, 2.75) is 56.0 Å². The van der Waals surface area contributed by atoms with Crippen LogP contribution in [0.1, 0.15) is 25.7 Å². The number of rotatable bonds is 3. The van der Waals surface area contributed by atoms with Crippen LogP contribution in [0.5, 0.6) is 0 Å². The van der Waals surface area contributed by atoms with E-state index in [-0.39, 0.29) is 30.3 Å². The van der Waals surface area contributed by atoms with Gasteiger partial charge in [-0.1, -0.05) is 0 Å². The average Bonchev–Trinajstić information content (AvgIpc) is 2.67. The lowest BCUT2D eigenvalue weighted by Gasteiger charge is -2.38. The van der Waals surface area contributed by atoms with Gasteiger partial charge in [-0.25, -0.2) is 0 Å². The summed E-state index contributed by atoms with van der Waals surface area (Å²) in [5.41, 5.74) is 24.8. The number of anilines is 3. The number of hydrogen-bond acceptors (Lipinski definition) is 11. The van der Waals surface area contributed by atoms with E-state index < -0.39 is 0 Å². The fourth-order valence-electron chi connectivity index (χ4n) is 4.52. The monoisotopic (exact) mass is 406 g/mol. The molecule has 0 saturated carbocycles. The Balaban J connectivity index is 1.65. The summed E-state index contributed by atoms with van der Waals surface area (Å²) in [7, 11) is 0. The number of piperidine rings is 3. The molecule has 4 unspecified atom stereocenters. The first kappa shape index (κ1) is 20.5. The highest BCUT2D eigenvalue weighted by molar-refractivity contribution is 5.48. The summed E-state index contributed by atoms with van der Waals surface area (Å²) >= 11 is 0. The highest BCUT2D eigenvalue weighted by atomic mass is 16.3. The Kier molecular flexibility index (Phi) is 6.02. The SMILES string of the molecule is NC1CC(N)CN(c2nc(N3CCC(O)CC3)nc(N3CC(N)CC(N)C3)n2)C1. The molecule has 9 N–H and O–H groups in total. The van der Waals surface area contributed by atoms with Crippen LogP contribution in [0.4, 0.5) is 17.8 Å². The van der Waals surface area contributed by atoms with Gasteiger partial charge in [-0.15, -0.1) is 0 Å².